The van der Waals surface area contributed by atoms with E-state index in [9.17, 15) is 20.0 Å². The second-order valence-electron chi connectivity index (χ2n) is 7.11. The number of carbonyl (C=O) groups is 1. The highest BCUT2D eigenvalue weighted by molar-refractivity contribution is 5.76. The van der Waals surface area contributed by atoms with Crippen molar-refractivity contribution in [3.63, 3.8) is 0 Å². The molecule has 0 saturated heterocycles. The first-order valence-electron chi connectivity index (χ1n) is 8.97. The van der Waals surface area contributed by atoms with E-state index in [1.54, 1.807) is 12.1 Å². The van der Waals surface area contributed by atoms with Crippen LogP contribution in [0.5, 0.6) is 0 Å². The fourth-order valence-electron chi connectivity index (χ4n) is 4.34. The third-order valence-corrected chi connectivity index (χ3v) is 5.61. The highest BCUT2D eigenvalue weighted by atomic mass is 16.6. The topological polar surface area (TPSA) is 104 Å². The quantitative estimate of drug-likeness (QED) is 0.380. The molecular weight excluding hydrogens is 322 g/mol. The molecule has 4 atom stereocenters. The van der Waals surface area contributed by atoms with Crippen molar-refractivity contribution in [2.45, 2.75) is 38.1 Å². The number of nitrogens with zero attached hydrogens (tertiary/aromatic N) is 1. The van der Waals surface area contributed by atoms with Gasteiger partial charge in [0.15, 0.2) is 0 Å². The lowest BCUT2D eigenvalue weighted by Gasteiger charge is -2.30. The van der Waals surface area contributed by atoms with E-state index < -0.39 is 4.92 Å². The van der Waals surface area contributed by atoms with Gasteiger partial charge in [-0.15, -0.1) is 0 Å². The molecule has 7 nitrogen and oxygen atoms in total. The summed E-state index contributed by atoms with van der Waals surface area (Å²) in [6, 6.07) is 6.38. The van der Waals surface area contributed by atoms with Crippen LogP contribution in [0, 0.1) is 27.9 Å². The number of non-ortho nitro benzene ring substituents is 1. The first kappa shape index (κ1) is 17.7. The van der Waals surface area contributed by atoms with Crippen LogP contribution < -0.4 is 10.6 Å². The van der Waals surface area contributed by atoms with Gasteiger partial charge in [-0.25, -0.2) is 0 Å². The third-order valence-electron chi connectivity index (χ3n) is 5.61. The Hall–Kier alpha value is -2.15. The Morgan fingerprint density at radius 1 is 1.24 bits per heavy atom. The number of aliphatic hydroxyl groups is 1. The van der Waals surface area contributed by atoms with E-state index >= 15 is 0 Å². The van der Waals surface area contributed by atoms with Crippen LogP contribution >= 0.6 is 0 Å². The highest BCUT2D eigenvalue weighted by Gasteiger charge is 2.47. The fourth-order valence-corrected chi connectivity index (χ4v) is 4.34. The number of nitro groups is 1. The number of carbonyl (C=O) groups excluding carboxylic acids is 1. The Morgan fingerprint density at radius 2 is 1.96 bits per heavy atom. The van der Waals surface area contributed by atoms with Crippen LogP contribution in [-0.2, 0) is 4.79 Å². The summed E-state index contributed by atoms with van der Waals surface area (Å²) in [7, 11) is 0. The van der Waals surface area contributed by atoms with Gasteiger partial charge in [0.1, 0.15) is 0 Å². The summed E-state index contributed by atoms with van der Waals surface area (Å²) >= 11 is 0. The summed E-state index contributed by atoms with van der Waals surface area (Å²) < 4.78 is 0. The maximum atomic E-state index is 12.2. The van der Waals surface area contributed by atoms with Crippen LogP contribution in [0.3, 0.4) is 0 Å². The van der Waals surface area contributed by atoms with Gasteiger partial charge >= 0.3 is 0 Å². The normalized spacial score (nSPS) is 27.2. The van der Waals surface area contributed by atoms with Gasteiger partial charge in [-0.2, -0.15) is 0 Å². The molecule has 4 unspecified atom stereocenters. The number of fused-ring (bicyclic) bond motifs is 2. The molecule has 7 heteroatoms. The van der Waals surface area contributed by atoms with Crippen molar-refractivity contribution in [2.24, 2.45) is 17.8 Å². The van der Waals surface area contributed by atoms with Gasteiger partial charge in [0.25, 0.3) is 5.69 Å². The standard InChI is InChI=1S/C18H25N3O4/c22-11-16-12-3-4-13(10-12)18(16)20-17(23)2-1-9-19-14-5-7-15(8-6-14)21(24)25/h5-8,12-13,16,18-19,22H,1-4,9-11H2,(H,20,23). The zero-order valence-corrected chi connectivity index (χ0v) is 14.2. The molecule has 1 amide bonds. The predicted octanol–water partition coefficient (Wildman–Crippen LogP) is 2.31. The van der Waals surface area contributed by atoms with Gasteiger partial charge in [-0.3, -0.25) is 14.9 Å². The van der Waals surface area contributed by atoms with Crippen molar-refractivity contribution in [1.82, 2.24) is 5.32 Å². The molecule has 136 valence electrons. The molecule has 3 N–H and O–H groups in total. The summed E-state index contributed by atoms with van der Waals surface area (Å²) in [6.07, 6.45) is 4.60. The molecule has 0 spiro atoms. The number of aliphatic hydroxyl groups excluding tert-OH is 1. The highest BCUT2D eigenvalue weighted by Crippen LogP contribution is 2.48. The van der Waals surface area contributed by atoms with Gasteiger partial charge < -0.3 is 15.7 Å². The van der Waals surface area contributed by atoms with E-state index in [2.05, 4.69) is 10.6 Å². The lowest BCUT2D eigenvalue weighted by atomic mass is 9.85. The zero-order chi connectivity index (χ0) is 17.8. The minimum Gasteiger partial charge on any atom is -0.396 e. The molecule has 25 heavy (non-hydrogen) atoms. The Balaban J connectivity index is 1.37. The van der Waals surface area contributed by atoms with Crippen molar-refractivity contribution in [1.29, 1.82) is 0 Å². The second kappa shape index (κ2) is 7.82. The SMILES string of the molecule is O=C(CCCNc1ccc([N+](=O)[O-])cc1)NC1C2CCC(C2)C1CO. The Kier molecular flexibility index (Phi) is 5.53. The molecule has 1 aromatic carbocycles. The molecule has 0 radical (unpaired) electrons. The first-order chi connectivity index (χ1) is 12.1. The Labute approximate surface area is 147 Å². The van der Waals surface area contributed by atoms with E-state index in [1.165, 1.54) is 18.6 Å². The zero-order valence-electron chi connectivity index (χ0n) is 14.2. The van der Waals surface area contributed by atoms with E-state index in [1.807, 2.05) is 0 Å². The molecular formula is C18H25N3O4. The van der Waals surface area contributed by atoms with Gasteiger partial charge in [0.2, 0.25) is 5.91 Å². The minimum atomic E-state index is -0.427. The predicted molar refractivity (Wildman–Crippen MR) is 94.2 cm³/mol. The molecule has 0 aliphatic heterocycles. The molecule has 2 aliphatic carbocycles. The lowest BCUT2D eigenvalue weighted by Crippen LogP contribution is -2.45. The monoisotopic (exact) mass is 347 g/mol. The molecule has 2 fully saturated rings. The van der Waals surface area contributed by atoms with Crippen LogP contribution in [0.2, 0.25) is 0 Å². The van der Waals surface area contributed by atoms with E-state index in [0.717, 1.165) is 18.5 Å². The fraction of sp³-hybridized carbons (Fsp3) is 0.611. The van der Waals surface area contributed by atoms with Gasteiger partial charge in [-0.05, 0) is 49.7 Å². The maximum Gasteiger partial charge on any atom is 0.269 e. The summed E-state index contributed by atoms with van der Waals surface area (Å²) in [5.74, 6) is 1.37. The summed E-state index contributed by atoms with van der Waals surface area (Å²) in [6.45, 7) is 0.791. The van der Waals surface area contributed by atoms with Crippen LogP contribution in [0.25, 0.3) is 0 Å². The molecule has 0 heterocycles. The maximum absolute atomic E-state index is 12.2. The average Bonchev–Trinajstić information content (AvgIpc) is 3.20. The van der Waals surface area contributed by atoms with Crippen LogP contribution in [0.15, 0.2) is 24.3 Å². The van der Waals surface area contributed by atoms with Crippen LogP contribution in [0.1, 0.15) is 32.1 Å². The van der Waals surface area contributed by atoms with Gasteiger partial charge in [0.05, 0.1) is 4.92 Å². The van der Waals surface area contributed by atoms with E-state index in [0.29, 0.717) is 31.2 Å². The number of hydrogen-bond donors (Lipinski definition) is 3. The Bertz CT molecular complexity index is 619. The van der Waals surface area contributed by atoms with E-state index in [-0.39, 0.29) is 30.2 Å². The summed E-state index contributed by atoms with van der Waals surface area (Å²) in [5.41, 5.74) is 0.869. The summed E-state index contributed by atoms with van der Waals surface area (Å²) in [4.78, 5) is 22.4. The largest absolute Gasteiger partial charge is 0.396 e. The van der Waals surface area contributed by atoms with Crippen molar-refractivity contribution in [3.05, 3.63) is 34.4 Å². The van der Waals surface area contributed by atoms with Crippen molar-refractivity contribution >= 4 is 17.3 Å². The average molecular weight is 347 g/mol. The third kappa shape index (κ3) is 4.10. The van der Waals surface area contributed by atoms with Gasteiger partial charge in [-0.1, -0.05) is 0 Å². The molecule has 0 aromatic heterocycles. The van der Waals surface area contributed by atoms with Gasteiger partial charge in [0, 0.05) is 49.4 Å². The van der Waals surface area contributed by atoms with Crippen LogP contribution in [-0.4, -0.2) is 35.1 Å². The number of benzene rings is 1. The van der Waals surface area contributed by atoms with Crippen molar-refractivity contribution < 1.29 is 14.8 Å². The van der Waals surface area contributed by atoms with E-state index in [4.69, 9.17) is 0 Å². The van der Waals surface area contributed by atoms with Crippen molar-refractivity contribution in [2.75, 3.05) is 18.5 Å². The molecule has 1 aromatic rings. The summed E-state index contributed by atoms with van der Waals surface area (Å²) in [5, 5.41) is 26.5. The molecule has 2 saturated carbocycles. The minimum absolute atomic E-state index is 0.0431. The smallest absolute Gasteiger partial charge is 0.269 e. The number of anilines is 1. The molecule has 3 rings (SSSR count). The number of nitrogens with one attached hydrogen (secondary N) is 2. The molecule has 2 bridgehead atoms. The second-order valence-corrected chi connectivity index (χ2v) is 7.11. The lowest BCUT2D eigenvalue weighted by molar-refractivity contribution is -0.384. The van der Waals surface area contributed by atoms with Crippen LogP contribution in [0.4, 0.5) is 11.4 Å². The first-order valence-corrected chi connectivity index (χ1v) is 8.97. The Morgan fingerprint density at radius 3 is 2.64 bits per heavy atom. The number of amides is 1. The van der Waals surface area contributed by atoms with Crippen molar-refractivity contribution in [3.8, 4) is 0 Å². The number of nitro benzene ring substituents is 1. The number of hydrogen-bond acceptors (Lipinski definition) is 5. The molecule has 2 aliphatic rings. The number of rotatable bonds is 8.